The molecular formula is C16H16F2O. The van der Waals surface area contributed by atoms with Gasteiger partial charge < -0.3 is 4.74 Å². The molecule has 1 nitrogen and oxygen atoms in total. The molecule has 0 bridgehead atoms. The zero-order valence-electron chi connectivity index (χ0n) is 11.0. The first-order chi connectivity index (χ1) is 9.17. The molecule has 19 heavy (non-hydrogen) atoms. The van der Waals surface area contributed by atoms with Crippen molar-refractivity contribution in [2.75, 3.05) is 7.11 Å². The van der Waals surface area contributed by atoms with Crippen LogP contribution in [0.4, 0.5) is 8.78 Å². The molecule has 3 heteroatoms. The molecule has 0 heterocycles. The van der Waals surface area contributed by atoms with Crippen molar-refractivity contribution < 1.29 is 13.5 Å². The second-order valence-corrected chi connectivity index (χ2v) is 4.39. The van der Waals surface area contributed by atoms with Crippen LogP contribution in [0.2, 0.25) is 0 Å². The van der Waals surface area contributed by atoms with Gasteiger partial charge in [0.15, 0.2) is 11.6 Å². The minimum absolute atomic E-state index is 0.0798. The van der Waals surface area contributed by atoms with Crippen molar-refractivity contribution in [3.8, 4) is 16.9 Å². The monoisotopic (exact) mass is 262 g/mol. The average Bonchev–Trinajstić information content (AvgIpc) is 2.43. The van der Waals surface area contributed by atoms with Gasteiger partial charge >= 0.3 is 0 Å². The summed E-state index contributed by atoms with van der Waals surface area (Å²) in [7, 11) is 1.32. The van der Waals surface area contributed by atoms with Crippen LogP contribution in [0.5, 0.6) is 5.75 Å². The molecule has 0 atom stereocenters. The smallest absolute Gasteiger partial charge is 0.201 e. The molecule has 0 saturated carbocycles. The third kappa shape index (κ3) is 2.75. The normalized spacial score (nSPS) is 10.5. The Morgan fingerprint density at radius 3 is 2.21 bits per heavy atom. The van der Waals surface area contributed by atoms with Gasteiger partial charge in [0.1, 0.15) is 0 Å². The molecule has 2 aromatic rings. The minimum Gasteiger partial charge on any atom is -0.494 e. The quantitative estimate of drug-likeness (QED) is 0.782. The number of rotatable bonds is 4. The molecule has 0 aromatic heterocycles. The number of halogens is 2. The summed E-state index contributed by atoms with van der Waals surface area (Å²) in [6.07, 6.45) is 2.05. The van der Waals surface area contributed by atoms with Crippen LogP contribution in [-0.4, -0.2) is 7.11 Å². The lowest BCUT2D eigenvalue weighted by Gasteiger charge is -2.08. The molecule has 0 spiro atoms. The highest BCUT2D eigenvalue weighted by Crippen LogP contribution is 2.29. The summed E-state index contributed by atoms with van der Waals surface area (Å²) in [5, 5.41) is 0. The van der Waals surface area contributed by atoms with Crippen LogP contribution in [0.25, 0.3) is 11.1 Å². The van der Waals surface area contributed by atoms with Gasteiger partial charge in [-0.2, -0.15) is 4.39 Å². The van der Waals surface area contributed by atoms with Crippen LogP contribution in [-0.2, 0) is 6.42 Å². The Balaban J connectivity index is 2.39. The maximum atomic E-state index is 13.9. The maximum absolute atomic E-state index is 13.9. The Kier molecular flexibility index (Phi) is 4.15. The van der Waals surface area contributed by atoms with Crippen molar-refractivity contribution in [3.05, 3.63) is 53.6 Å². The van der Waals surface area contributed by atoms with Crippen molar-refractivity contribution in [1.29, 1.82) is 0 Å². The first-order valence-corrected chi connectivity index (χ1v) is 6.28. The van der Waals surface area contributed by atoms with Gasteiger partial charge in [0.05, 0.1) is 7.11 Å². The van der Waals surface area contributed by atoms with Crippen molar-refractivity contribution >= 4 is 0 Å². The second-order valence-electron chi connectivity index (χ2n) is 4.39. The van der Waals surface area contributed by atoms with E-state index in [1.807, 2.05) is 24.3 Å². The molecule has 0 aliphatic heterocycles. The molecule has 2 aromatic carbocycles. The topological polar surface area (TPSA) is 9.23 Å². The summed E-state index contributed by atoms with van der Waals surface area (Å²) >= 11 is 0. The van der Waals surface area contributed by atoms with Gasteiger partial charge in [-0.3, -0.25) is 0 Å². The summed E-state index contributed by atoms with van der Waals surface area (Å²) in [4.78, 5) is 0. The van der Waals surface area contributed by atoms with Crippen molar-refractivity contribution in [1.82, 2.24) is 0 Å². The fourth-order valence-corrected chi connectivity index (χ4v) is 2.05. The van der Waals surface area contributed by atoms with Gasteiger partial charge in [-0.25, -0.2) is 4.39 Å². The van der Waals surface area contributed by atoms with Crippen LogP contribution in [0, 0.1) is 11.6 Å². The highest BCUT2D eigenvalue weighted by molar-refractivity contribution is 5.65. The van der Waals surface area contributed by atoms with E-state index in [-0.39, 0.29) is 11.3 Å². The Morgan fingerprint density at radius 2 is 1.63 bits per heavy atom. The van der Waals surface area contributed by atoms with Gasteiger partial charge in [0, 0.05) is 5.56 Å². The molecule has 2 rings (SSSR count). The Bertz CT molecular complexity index is 562. The van der Waals surface area contributed by atoms with E-state index < -0.39 is 11.6 Å². The maximum Gasteiger partial charge on any atom is 0.201 e. The lowest BCUT2D eigenvalue weighted by Crippen LogP contribution is -1.95. The Morgan fingerprint density at radius 1 is 0.947 bits per heavy atom. The van der Waals surface area contributed by atoms with Crippen molar-refractivity contribution in [2.45, 2.75) is 19.8 Å². The van der Waals surface area contributed by atoms with E-state index in [0.29, 0.717) is 5.56 Å². The lowest BCUT2D eigenvalue weighted by molar-refractivity contribution is 0.372. The standard InChI is InChI=1S/C16H16F2O/c1-3-4-11-5-7-12(8-6-11)13-9-10-14(19-2)16(18)15(13)17/h5-10H,3-4H2,1-2H3. The van der Waals surface area contributed by atoms with E-state index in [1.54, 1.807) is 0 Å². The highest BCUT2D eigenvalue weighted by Gasteiger charge is 2.14. The zero-order chi connectivity index (χ0) is 13.8. The van der Waals surface area contributed by atoms with Crippen LogP contribution in [0.1, 0.15) is 18.9 Å². The van der Waals surface area contributed by atoms with E-state index in [9.17, 15) is 8.78 Å². The van der Waals surface area contributed by atoms with Crippen LogP contribution >= 0.6 is 0 Å². The third-order valence-electron chi connectivity index (χ3n) is 3.07. The molecule has 0 aliphatic rings. The van der Waals surface area contributed by atoms with E-state index in [0.717, 1.165) is 12.8 Å². The van der Waals surface area contributed by atoms with Gasteiger partial charge in [0.2, 0.25) is 5.82 Å². The molecule has 100 valence electrons. The average molecular weight is 262 g/mol. The predicted molar refractivity (Wildman–Crippen MR) is 72.3 cm³/mol. The highest BCUT2D eigenvalue weighted by atomic mass is 19.2. The van der Waals surface area contributed by atoms with Crippen LogP contribution in [0.3, 0.4) is 0 Å². The molecule has 0 unspecified atom stereocenters. The summed E-state index contributed by atoms with van der Waals surface area (Å²) in [5.41, 5.74) is 2.11. The Hall–Kier alpha value is -1.90. The van der Waals surface area contributed by atoms with Gasteiger partial charge in [-0.15, -0.1) is 0 Å². The molecule has 0 N–H and O–H groups in total. The number of ether oxygens (including phenoxy) is 1. The summed E-state index contributed by atoms with van der Waals surface area (Å²) in [5.74, 6) is -1.90. The number of aryl methyl sites for hydroxylation is 1. The first kappa shape index (κ1) is 13.5. The molecule has 0 fully saturated rings. The van der Waals surface area contributed by atoms with E-state index in [1.165, 1.54) is 24.8 Å². The number of hydrogen-bond acceptors (Lipinski definition) is 1. The summed E-state index contributed by atoms with van der Waals surface area (Å²) < 4.78 is 32.3. The van der Waals surface area contributed by atoms with Crippen LogP contribution < -0.4 is 4.74 Å². The molecule has 0 aliphatic carbocycles. The van der Waals surface area contributed by atoms with E-state index in [4.69, 9.17) is 4.74 Å². The van der Waals surface area contributed by atoms with E-state index in [2.05, 4.69) is 6.92 Å². The predicted octanol–water partition coefficient (Wildman–Crippen LogP) is 4.59. The molecular weight excluding hydrogens is 246 g/mol. The molecule has 0 saturated heterocycles. The summed E-state index contributed by atoms with van der Waals surface area (Å²) in [6, 6.07) is 10.5. The Labute approximate surface area is 111 Å². The largest absolute Gasteiger partial charge is 0.494 e. The lowest BCUT2D eigenvalue weighted by atomic mass is 10.0. The van der Waals surface area contributed by atoms with E-state index >= 15 is 0 Å². The van der Waals surface area contributed by atoms with Gasteiger partial charge in [-0.1, -0.05) is 37.6 Å². The first-order valence-electron chi connectivity index (χ1n) is 6.28. The van der Waals surface area contributed by atoms with Crippen LogP contribution in [0.15, 0.2) is 36.4 Å². The SMILES string of the molecule is CCCc1ccc(-c2ccc(OC)c(F)c2F)cc1. The summed E-state index contributed by atoms with van der Waals surface area (Å²) in [6.45, 7) is 2.10. The van der Waals surface area contributed by atoms with Crippen molar-refractivity contribution in [2.24, 2.45) is 0 Å². The molecule has 0 amide bonds. The number of hydrogen-bond donors (Lipinski definition) is 0. The zero-order valence-corrected chi connectivity index (χ0v) is 11.0. The fourth-order valence-electron chi connectivity index (χ4n) is 2.05. The minimum atomic E-state index is -0.947. The van der Waals surface area contributed by atoms with Crippen molar-refractivity contribution in [3.63, 3.8) is 0 Å². The fraction of sp³-hybridized carbons (Fsp3) is 0.250. The third-order valence-corrected chi connectivity index (χ3v) is 3.07. The van der Waals surface area contributed by atoms with Gasteiger partial charge in [-0.05, 0) is 29.7 Å². The number of benzene rings is 2. The number of methoxy groups -OCH3 is 1. The second kappa shape index (κ2) is 5.83. The molecule has 0 radical (unpaired) electrons. The van der Waals surface area contributed by atoms with Gasteiger partial charge in [0.25, 0.3) is 0 Å².